The number of β-lactam (4-membered cyclic amide) rings is 1. The van der Waals surface area contributed by atoms with Crippen LogP contribution in [0.3, 0.4) is 0 Å². The summed E-state index contributed by atoms with van der Waals surface area (Å²) in [5, 5.41) is 2.47. The number of ether oxygens (including phenoxy) is 3. The van der Waals surface area contributed by atoms with Crippen molar-refractivity contribution in [1.82, 2.24) is 10.2 Å². The summed E-state index contributed by atoms with van der Waals surface area (Å²) in [5.41, 5.74) is 1.59. The van der Waals surface area contributed by atoms with E-state index in [0.717, 1.165) is 11.1 Å². The third kappa shape index (κ3) is 4.48. The monoisotopic (exact) mass is 398 g/mol. The molecule has 8 heteroatoms. The molecule has 0 unspecified atom stereocenters. The molecule has 1 aliphatic heterocycles. The number of hydrogen-bond acceptors (Lipinski definition) is 6. The Morgan fingerprint density at radius 2 is 1.79 bits per heavy atom. The molecule has 0 aromatic heterocycles. The van der Waals surface area contributed by atoms with Crippen LogP contribution in [0.1, 0.15) is 11.1 Å². The first-order chi connectivity index (χ1) is 14.1. The molecule has 29 heavy (non-hydrogen) atoms. The highest BCUT2D eigenvalue weighted by atomic mass is 16.5. The van der Waals surface area contributed by atoms with Gasteiger partial charge in [-0.25, -0.2) is 4.79 Å². The standard InChI is InChI=1S/C21H22N2O6/c1-27-17-9-8-15(10-18(17)28-2)11-23-16(12-24)19(20(23)25)22-21(26)29-13-14-6-4-3-5-7-14/h3-10,12,16,19H,11,13H2,1-2H3,(H,22,26)/t16-,19+/m1/s1. The molecule has 0 spiro atoms. The maximum absolute atomic E-state index is 12.5. The molecular weight excluding hydrogens is 376 g/mol. The maximum atomic E-state index is 12.5. The van der Waals surface area contributed by atoms with Crippen molar-refractivity contribution in [2.75, 3.05) is 14.2 Å². The zero-order valence-corrected chi connectivity index (χ0v) is 16.2. The van der Waals surface area contributed by atoms with E-state index < -0.39 is 18.2 Å². The van der Waals surface area contributed by atoms with Gasteiger partial charge in [-0.2, -0.15) is 0 Å². The number of alkyl carbamates (subject to hydrolysis) is 1. The molecule has 2 atom stereocenters. The number of rotatable bonds is 8. The summed E-state index contributed by atoms with van der Waals surface area (Å²) >= 11 is 0. The van der Waals surface area contributed by atoms with Gasteiger partial charge in [0, 0.05) is 6.54 Å². The lowest BCUT2D eigenvalue weighted by Crippen LogP contribution is -2.70. The normalized spacial score (nSPS) is 17.9. The van der Waals surface area contributed by atoms with Gasteiger partial charge < -0.3 is 29.2 Å². The second kappa shape index (κ2) is 9.09. The van der Waals surface area contributed by atoms with Crippen LogP contribution >= 0.6 is 0 Å². The topological polar surface area (TPSA) is 94.2 Å². The molecule has 2 aromatic carbocycles. The molecule has 2 amide bonds. The molecule has 1 heterocycles. The van der Waals surface area contributed by atoms with Gasteiger partial charge in [0.05, 0.1) is 14.2 Å². The van der Waals surface area contributed by atoms with Crippen LogP contribution in [0.2, 0.25) is 0 Å². The van der Waals surface area contributed by atoms with E-state index in [1.165, 1.54) is 19.1 Å². The minimum atomic E-state index is -0.934. The molecule has 152 valence electrons. The Labute approximate surface area is 168 Å². The summed E-state index contributed by atoms with van der Waals surface area (Å²) < 4.78 is 15.6. The number of nitrogens with zero attached hydrogens (tertiary/aromatic N) is 1. The van der Waals surface area contributed by atoms with Crippen molar-refractivity contribution in [2.45, 2.75) is 25.2 Å². The van der Waals surface area contributed by atoms with E-state index in [-0.39, 0.29) is 19.1 Å². The molecule has 2 aromatic rings. The summed E-state index contributed by atoms with van der Waals surface area (Å²) in [7, 11) is 3.05. The number of carbonyl (C=O) groups excluding carboxylic acids is 3. The fourth-order valence-electron chi connectivity index (χ4n) is 3.12. The maximum Gasteiger partial charge on any atom is 0.408 e. The Bertz CT molecular complexity index is 886. The average molecular weight is 398 g/mol. The molecule has 1 N–H and O–H groups in total. The van der Waals surface area contributed by atoms with Crippen molar-refractivity contribution in [3.8, 4) is 11.5 Å². The Hall–Kier alpha value is -3.55. The van der Waals surface area contributed by atoms with Crippen LogP contribution < -0.4 is 14.8 Å². The van der Waals surface area contributed by atoms with E-state index in [4.69, 9.17) is 14.2 Å². The minimum Gasteiger partial charge on any atom is -0.493 e. The van der Waals surface area contributed by atoms with E-state index in [0.29, 0.717) is 17.8 Å². The largest absolute Gasteiger partial charge is 0.493 e. The van der Waals surface area contributed by atoms with Crippen LogP contribution in [0, 0.1) is 0 Å². The highest BCUT2D eigenvalue weighted by Crippen LogP contribution is 2.30. The van der Waals surface area contributed by atoms with Crippen molar-refractivity contribution in [2.24, 2.45) is 0 Å². The van der Waals surface area contributed by atoms with Gasteiger partial charge in [-0.1, -0.05) is 36.4 Å². The second-order valence-corrected chi connectivity index (χ2v) is 6.47. The van der Waals surface area contributed by atoms with Gasteiger partial charge in [-0.05, 0) is 23.3 Å². The third-order valence-corrected chi connectivity index (χ3v) is 4.68. The zero-order chi connectivity index (χ0) is 20.8. The molecule has 1 saturated heterocycles. The number of nitrogens with one attached hydrogen (secondary N) is 1. The molecule has 3 rings (SSSR count). The van der Waals surface area contributed by atoms with E-state index in [1.54, 1.807) is 18.2 Å². The van der Waals surface area contributed by atoms with Gasteiger partial charge in [0.15, 0.2) is 11.5 Å². The first kappa shape index (κ1) is 20.2. The number of carbonyl (C=O) groups is 3. The Morgan fingerprint density at radius 3 is 2.45 bits per heavy atom. The van der Waals surface area contributed by atoms with Crippen LogP contribution in [0.25, 0.3) is 0 Å². The molecule has 0 bridgehead atoms. The molecule has 0 aliphatic carbocycles. The third-order valence-electron chi connectivity index (χ3n) is 4.68. The number of benzene rings is 2. The Balaban J connectivity index is 1.58. The number of amides is 2. The lowest BCUT2D eigenvalue weighted by Gasteiger charge is -2.44. The first-order valence-corrected chi connectivity index (χ1v) is 9.01. The molecule has 1 fully saturated rings. The van der Waals surface area contributed by atoms with Gasteiger partial charge >= 0.3 is 6.09 Å². The van der Waals surface area contributed by atoms with Gasteiger partial charge in [-0.15, -0.1) is 0 Å². The predicted molar refractivity (Wildman–Crippen MR) is 103 cm³/mol. The summed E-state index contributed by atoms with van der Waals surface area (Å²) in [6.45, 7) is 0.286. The smallest absolute Gasteiger partial charge is 0.408 e. The van der Waals surface area contributed by atoms with Crippen molar-refractivity contribution < 1.29 is 28.6 Å². The van der Waals surface area contributed by atoms with Crippen LogP contribution in [0.15, 0.2) is 48.5 Å². The molecule has 8 nitrogen and oxygen atoms in total. The summed E-state index contributed by atoms with van der Waals surface area (Å²) in [6, 6.07) is 12.7. The van der Waals surface area contributed by atoms with Crippen molar-refractivity contribution >= 4 is 18.3 Å². The number of hydrogen-bond donors (Lipinski definition) is 1. The first-order valence-electron chi connectivity index (χ1n) is 9.01. The predicted octanol–water partition coefficient (Wildman–Crippen LogP) is 1.91. The molecule has 1 aliphatic rings. The van der Waals surface area contributed by atoms with E-state index in [9.17, 15) is 14.4 Å². The van der Waals surface area contributed by atoms with Crippen LogP contribution in [0.4, 0.5) is 4.79 Å². The van der Waals surface area contributed by atoms with Crippen molar-refractivity contribution in [3.63, 3.8) is 0 Å². The summed E-state index contributed by atoms with van der Waals surface area (Å²) in [6.07, 6.45) is -0.102. The van der Waals surface area contributed by atoms with Gasteiger partial charge in [-0.3, -0.25) is 4.79 Å². The van der Waals surface area contributed by atoms with Crippen LogP contribution in [-0.4, -0.2) is 49.5 Å². The highest BCUT2D eigenvalue weighted by Gasteiger charge is 2.48. The lowest BCUT2D eigenvalue weighted by atomic mass is 9.95. The SMILES string of the molecule is COc1ccc(CN2C(=O)[C@@H](NC(=O)OCc3ccccc3)[C@H]2C=O)cc1OC. The van der Waals surface area contributed by atoms with Gasteiger partial charge in [0.25, 0.3) is 0 Å². The van der Waals surface area contributed by atoms with E-state index in [1.807, 2.05) is 30.3 Å². The molecular formula is C21H22N2O6. The number of aldehydes is 1. The zero-order valence-electron chi connectivity index (χ0n) is 16.2. The number of likely N-dealkylation sites (tertiary alicyclic amines) is 1. The Morgan fingerprint density at radius 1 is 1.07 bits per heavy atom. The minimum absolute atomic E-state index is 0.0781. The molecule has 0 radical (unpaired) electrons. The van der Waals surface area contributed by atoms with E-state index >= 15 is 0 Å². The second-order valence-electron chi connectivity index (χ2n) is 6.47. The van der Waals surface area contributed by atoms with Crippen LogP contribution in [0.5, 0.6) is 11.5 Å². The van der Waals surface area contributed by atoms with Gasteiger partial charge in [0.1, 0.15) is 25.0 Å². The van der Waals surface area contributed by atoms with Gasteiger partial charge in [0.2, 0.25) is 5.91 Å². The van der Waals surface area contributed by atoms with Crippen molar-refractivity contribution in [1.29, 1.82) is 0 Å². The molecule has 0 saturated carbocycles. The van der Waals surface area contributed by atoms with E-state index in [2.05, 4.69) is 5.32 Å². The van der Waals surface area contributed by atoms with Crippen molar-refractivity contribution in [3.05, 3.63) is 59.7 Å². The number of methoxy groups -OCH3 is 2. The highest BCUT2D eigenvalue weighted by molar-refractivity contribution is 5.98. The fourth-order valence-corrected chi connectivity index (χ4v) is 3.12. The Kier molecular flexibility index (Phi) is 6.33. The summed E-state index contributed by atoms with van der Waals surface area (Å²) in [4.78, 5) is 37.3. The average Bonchev–Trinajstić information content (AvgIpc) is 2.76. The fraction of sp³-hybridized carbons (Fsp3) is 0.286. The van der Waals surface area contributed by atoms with Crippen LogP contribution in [-0.2, 0) is 27.5 Å². The quantitative estimate of drug-likeness (QED) is 0.539. The summed E-state index contributed by atoms with van der Waals surface area (Å²) in [5.74, 6) is 0.743. The lowest BCUT2D eigenvalue weighted by molar-refractivity contribution is -0.154.